The number of carbonyl (C=O) groups is 1. The highest BCUT2D eigenvalue weighted by Gasteiger charge is 2.19. The zero-order valence-electron chi connectivity index (χ0n) is 10.6. The van der Waals surface area contributed by atoms with Crippen molar-refractivity contribution in [3.63, 3.8) is 0 Å². The molecule has 0 radical (unpaired) electrons. The molecule has 1 rings (SSSR count). The first-order valence-electron chi connectivity index (χ1n) is 5.65. The molecule has 0 aliphatic carbocycles. The summed E-state index contributed by atoms with van der Waals surface area (Å²) in [6, 6.07) is 6.20. The van der Waals surface area contributed by atoms with Crippen molar-refractivity contribution in [3.05, 3.63) is 29.8 Å². The van der Waals surface area contributed by atoms with Crippen molar-refractivity contribution >= 4 is 16.1 Å². The highest BCUT2D eigenvalue weighted by molar-refractivity contribution is 7.90. The molecule has 0 aliphatic rings. The molecule has 0 spiro atoms. The molecule has 0 aromatic heterocycles. The van der Waals surface area contributed by atoms with Crippen molar-refractivity contribution < 1.29 is 17.9 Å². The van der Waals surface area contributed by atoms with E-state index in [1.165, 1.54) is 12.1 Å². The number of carbonyl (C=O) groups excluding carboxylic acids is 1. The summed E-state index contributed by atoms with van der Waals surface area (Å²) >= 11 is 0. The van der Waals surface area contributed by atoms with E-state index in [4.69, 9.17) is 4.74 Å². The molecule has 0 aliphatic heterocycles. The largest absolute Gasteiger partial charge is 0.446 e. The summed E-state index contributed by atoms with van der Waals surface area (Å²) in [7, 11) is -3.85. The lowest BCUT2D eigenvalue weighted by Crippen LogP contribution is -2.33. The SMILES string of the molecule is CCC(C)OC(=O)NS(=O)(=O)c1ccc(C)cc1. The lowest BCUT2D eigenvalue weighted by Gasteiger charge is -2.12. The number of hydrogen-bond acceptors (Lipinski definition) is 4. The zero-order chi connectivity index (χ0) is 13.8. The van der Waals surface area contributed by atoms with E-state index < -0.39 is 16.1 Å². The Kier molecular flexibility index (Phi) is 4.72. The average Bonchev–Trinajstić information content (AvgIpc) is 2.28. The molecule has 1 aromatic rings. The van der Waals surface area contributed by atoms with Gasteiger partial charge < -0.3 is 4.74 Å². The second-order valence-electron chi connectivity index (χ2n) is 4.04. The monoisotopic (exact) mass is 271 g/mol. The van der Waals surface area contributed by atoms with Crippen LogP contribution in [0.2, 0.25) is 0 Å². The Bertz CT molecular complexity index is 507. The maximum atomic E-state index is 11.8. The molecule has 100 valence electrons. The lowest BCUT2D eigenvalue weighted by molar-refractivity contribution is 0.110. The van der Waals surface area contributed by atoms with E-state index >= 15 is 0 Å². The van der Waals surface area contributed by atoms with Crippen LogP contribution in [-0.2, 0) is 14.8 Å². The number of rotatable bonds is 4. The molecule has 0 saturated carbocycles. The van der Waals surface area contributed by atoms with Crippen LogP contribution < -0.4 is 4.72 Å². The van der Waals surface area contributed by atoms with Gasteiger partial charge in [0.25, 0.3) is 10.0 Å². The summed E-state index contributed by atoms with van der Waals surface area (Å²) in [6.45, 7) is 5.38. The van der Waals surface area contributed by atoms with E-state index in [0.717, 1.165) is 5.56 Å². The molecule has 6 heteroatoms. The van der Waals surface area contributed by atoms with Gasteiger partial charge in [0.2, 0.25) is 0 Å². The Labute approximate surface area is 107 Å². The first-order valence-corrected chi connectivity index (χ1v) is 7.13. The molecule has 1 amide bonds. The lowest BCUT2D eigenvalue weighted by atomic mass is 10.2. The highest BCUT2D eigenvalue weighted by atomic mass is 32.2. The van der Waals surface area contributed by atoms with Crippen molar-refractivity contribution in [2.24, 2.45) is 0 Å². The number of benzene rings is 1. The number of aryl methyl sites for hydroxylation is 1. The summed E-state index contributed by atoms with van der Waals surface area (Å²) in [5.74, 6) is 0. The van der Waals surface area contributed by atoms with Crippen LogP contribution in [0.1, 0.15) is 25.8 Å². The van der Waals surface area contributed by atoms with Gasteiger partial charge in [-0.2, -0.15) is 0 Å². The van der Waals surface area contributed by atoms with Crippen molar-refractivity contribution in [2.45, 2.75) is 38.2 Å². The summed E-state index contributed by atoms with van der Waals surface area (Å²) in [6.07, 6.45) is -0.652. The van der Waals surface area contributed by atoms with Gasteiger partial charge in [-0.25, -0.2) is 17.9 Å². The van der Waals surface area contributed by atoms with E-state index in [-0.39, 0.29) is 11.0 Å². The third-order valence-corrected chi connectivity index (χ3v) is 3.76. The first kappa shape index (κ1) is 14.5. The molecular weight excluding hydrogens is 254 g/mol. The molecule has 0 bridgehead atoms. The van der Waals surface area contributed by atoms with E-state index in [2.05, 4.69) is 0 Å². The number of hydrogen-bond donors (Lipinski definition) is 1. The minimum atomic E-state index is -3.85. The van der Waals surface area contributed by atoms with Gasteiger partial charge in [-0.3, -0.25) is 0 Å². The number of sulfonamides is 1. The third-order valence-electron chi connectivity index (χ3n) is 2.43. The fraction of sp³-hybridized carbons (Fsp3) is 0.417. The van der Waals surface area contributed by atoms with Crippen LogP contribution in [0.3, 0.4) is 0 Å². The quantitative estimate of drug-likeness (QED) is 0.911. The van der Waals surface area contributed by atoms with E-state index in [0.29, 0.717) is 6.42 Å². The maximum absolute atomic E-state index is 11.8. The molecule has 1 unspecified atom stereocenters. The van der Waals surface area contributed by atoms with Crippen LogP contribution in [-0.4, -0.2) is 20.6 Å². The van der Waals surface area contributed by atoms with Crippen molar-refractivity contribution in [3.8, 4) is 0 Å². The third kappa shape index (κ3) is 4.03. The van der Waals surface area contributed by atoms with Crippen molar-refractivity contribution in [1.82, 2.24) is 4.72 Å². The van der Waals surface area contributed by atoms with Gasteiger partial charge in [0, 0.05) is 0 Å². The summed E-state index contributed by atoms with van der Waals surface area (Å²) in [5.41, 5.74) is 0.941. The normalized spacial score (nSPS) is 12.8. The Morgan fingerprint density at radius 1 is 1.33 bits per heavy atom. The second-order valence-corrected chi connectivity index (χ2v) is 5.73. The molecule has 0 heterocycles. The standard InChI is InChI=1S/C12H17NO4S/c1-4-10(3)17-12(14)13-18(15,16)11-7-5-9(2)6-8-11/h5-8,10H,4H2,1-3H3,(H,13,14). The zero-order valence-corrected chi connectivity index (χ0v) is 11.5. The van der Waals surface area contributed by atoms with Gasteiger partial charge in [-0.15, -0.1) is 0 Å². The Morgan fingerprint density at radius 2 is 1.89 bits per heavy atom. The molecule has 0 saturated heterocycles. The number of nitrogens with one attached hydrogen (secondary N) is 1. The van der Waals surface area contributed by atoms with Crippen molar-refractivity contribution in [2.75, 3.05) is 0 Å². The fourth-order valence-electron chi connectivity index (χ4n) is 1.18. The van der Waals surface area contributed by atoms with Crippen LogP contribution in [0, 0.1) is 6.92 Å². The smallest absolute Gasteiger partial charge is 0.421 e. The topological polar surface area (TPSA) is 72.5 Å². The van der Waals surface area contributed by atoms with Crippen LogP contribution >= 0.6 is 0 Å². The predicted molar refractivity (Wildman–Crippen MR) is 67.7 cm³/mol. The van der Waals surface area contributed by atoms with E-state index in [1.807, 2.05) is 18.6 Å². The number of amides is 1. The van der Waals surface area contributed by atoms with Crippen molar-refractivity contribution in [1.29, 1.82) is 0 Å². The maximum Gasteiger partial charge on any atom is 0.421 e. The summed E-state index contributed by atoms with van der Waals surface area (Å²) < 4.78 is 30.3. The minimum Gasteiger partial charge on any atom is -0.446 e. The highest BCUT2D eigenvalue weighted by Crippen LogP contribution is 2.10. The van der Waals surface area contributed by atoms with Crippen LogP contribution in [0.15, 0.2) is 29.2 Å². The van der Waals surface area contributed by atoms with Gasteiger partial charge >= 0.3 is 6.09 Å². The fourth-order valence-corrected chi connectivity index (χ4v) is 2.06. The van der Waals surface area contributed by atoms with Crippen LogP contribution in [0.4, 0.5) is 4.79 Å². The van der Waals surface area contributed by atoms with Gasteiger partial charge in [0.15, 0.2) is 0 Å². The second kappa shape index (κ2) is 5.86. The predicted octanol–water partition coefficient (Wildman–Crippen LogP) is 2.21. The first-order chi connectivity index (χ1) is 8.35. The molecule has 18 heavy (non-hydrogen) atoms. The van der Waals surface area contributed by atoms with Crippen LogP contribution in [0.5, 0.6) is 0 Å². The summed E-state index contributed by atoms with van der Waals surface area (Å²) in [5, 5.41) is 0. The van der Waals surface area contributed by atoms with E-state index in [9.17, 15) is 13.2 Å². The van der Waals surface area contributed by atoms with Gasteiger partial charge in [-0.05, 0) is 32.4 Å². The van der Waals surface area contributed by atoms with Gasteiger partial charge in [-0.1, -0.05) is 24.6 Å². The van der Waals surface area contributed by atoms with Crippen LogP contribution in [0.25, 0.3) is 0 Å². The Hall–Kier alpha value is -1.56. The van der Waals surface area contributed by atoms with Gasteiger partial charge in [0.05, 0.1) is 4.90 Å². The Balaban J connectivity index is 2.76. The molecule has 1 N–H and O–H groups in total. The summed E-state index contributed by atoms with van der Waals surface area (Å²) in [4.78, 5) is 11.4. The molecule has 1 atom stereocenters. The molecule has 0 fully saturated rings. The number of ether oxygens (including phenoxy) is 1. The minimum absolute atomic E-state index is 0.0363. The van der Waals surface area contributed by atoms with E-state index in [1.54, 1.807) is 19.1 Å². The molecular formula is C12H17NO4S. The average molecular weight is 271 g/mol. The Morgan fingerprint density at radius 3 is 2.39 bits per heavy atom. The van der Waals surface area contributed by atoms with Gasteiger partial charge in [0.1, 0.15) is 6.10 Å². The molecule has 1 aromatic carbocycles. The molecule has 5 nitrogen and oxygen atoms in total.